The highest BCUT2D eigenvalue weighted by molar-refractivity contribution is 4.81. The van der Waals surface area contributed by atoms with E-state index in [9.17, 15) is 0 Å². The average Bonchev–Trinajstić information content (AvgIpc) is 2.20. The SMILES string of the molecule is CC1CN(C(C)CCNC(C)(C)C)CCN1C. The summed E-state index contributed by atoms with van der Waals surface area (Å²) in [7, 11) is 2.23. The summed E-state index contributed by atoms with van der Waals surface area (Å²) in [5.41, 5.74) is 0.245. The molecule has 0 aromatic rings. The van der Waals surface area contributed by atoms with Gasteiger partial charge in [0.15, 0.2) is 0 Å². The van der Waals surface area contributed by atoms with Crippen molar-refractivity contribution in [1.29, 1.82) is 0 Å². The van der Waals surface area contributed by atoms with E-state index in [0.717, 1.165) is 6.54 Å². The maximum atomic E-state index is 3.57. The van der Waals surface area contributed by atoms with Gasteiger partial charge >= 0.3 is 0 Å². The number of likely N-dealkylation sites (N-methyl/N-ethyl adjacent to an activating group) is 1. The van der Waals surface area contributed by atoms with E-state index < -0.39 is 0 Å². The highest BCUT2D eigenvalue weighted by Gasteiger charge is 2.24. The third-order valence-corrected chi connectivity index (χ3v) is 3.83. The normalized spacial score (nSPS) is 26.1. The minimum Gasteiger partial charge on any atom is -0.312 e. The lowest BCUT2D eigenvalue weighted by molar-refractivity contribution is 0.0741. The molecule has 0 bridgehead atoms. The molecule has 0 aliphatic carbocycles. The Balaban J connectivity index is 2.26. The molecule has 2 unspecified atom stereocenters. The summed E-state index contributed by atoms with van der Waals surface area (Å²) in [5.74, 6) is 0. The third kappa shape index (κ3) is 5.36. The second-order valence-corrected chi connectivity index (χ2v) is 6.64. The van der Waals surface area contributed by atoms with E-state index in [1.54, 1.807) is 0 Å². The predicted octanol–water partition coefficient (Wildman–Crippen LogP) is 1.79. The second kappa shape index (κ2) is 6.17. The Kier molecular flexibility index (Phi) is 5.42. The van der Waals surface area contributed by atoms with Crippen LogP contribution in [-0.2, 0) is 0 Å². The number of rotatable bonds is 4. The zero-order valence-corrected chi connectivity index (χ0v) is 12.6. The van der Waals surface area contributed by atoms with E-state index in [4.69, 9.17) is 0 Å². The van der Waals surface area contributed by atoms with Gasteiger partial charge in [-0.2, -0.15) is 0 Å². The van der Waals surface area contributed by atoms with E-state index >= 15 is 0 Å². The van der Waals surface area contributed by atoms with Crippen molar-refractivity contribution in [3.63, 3.8) is 0 Å². The van der Waals surface area contributed by atoms with Crippen molar-refractivity contribution in [3.05, 3.63) is 0 Å². The van der Waals surface area contributed by atoms with Crippen molar-refractivity contribution in [3.8, 4) is 0 Å². The standard InChI is InChI=1S/C14H31N3/c1-12(7-8-15-14(3,4)5)17-10-9-16(6)13(2)11-17/h12-13,15H,7-11H2,1-6H3. The molecule has 1 fully saturated rings. The molecule has 0 aromatic carbocycles. The number of nitrogens with zero attached hydrogens (tertiary/aromatic N) is 2. The van der Waals surface area contributed by atoms with Gasteiger partial charge in [-0.25, -0.2) is 0 Å². The first-order chi connectivity index (χ1) is 7.79. The van der Waals surface area contributed by atoms with Gasteiger partial charge in [0.1, 0.15) is 0 Å². The molecular weight excluding hydrogens is 210 g/mol. The first kappa shape index (κ1) is 14.9. The maximum Gasteiger partial charge on any atom is 0.0192 e. The van der Waals surface area contributed by atoms with Crippen molar-refractivity contribution < 1.29 is 0 Å². The van der Waals surface area contributed by atoms with Crippen molar-refractivity contribution >= 4 is 0 Å². The number of piperazine rings is 1. The highest BCUT2D eigenvalue weighted by Crippen LogP contribution is 2.12. The van der Waals surface area contributed by atoms with Gasteiger partial charge in [-0.1, -0.05) is 0 Å². The summed E-state index contributed by atoms with van der Waals surface area (Å²) >= 11 is 0. The molecule has 0 spiro atoms. The largest absolute Gasteiger partial charge is 0.312 e. The quantitative estimate of drug-likeness (QED) is 0.809. The lowest BCUT2D eigenvalue weighted by Crippen LogP contribution is -2.53. The third-order valence-electron chi connectivity index (χ3n) is 3.83. The molecule has 0 saturated carbocycles. The minimum atomic E-state index is 0.245. The van der Waals surface area contributed by atoms with Crippen LogP contribution in [0.1, 0.15) is 41.0 Å². The van der Waals surface area contributed by atoms with Crippen LogP contribution in [-0.4, -0.2) is 60.6 Å². The van der Waals surface area contributed by atoms with Crippen LogP contribution in [0.2, 0.25) is 0 Å². The maximum absolute atomic E-state index is 3.57. The van der Waals surface area contributed by atoms with Crippen LogP contribution >= 0.6 is 0 Å². The smallest absolute Gasteiger partial charge is 0.0192 e. The number of nitrogens with one attached hydrogen (secondary N) is 1. The van der Waals surface area contributed by atoms with Gasteiger partial charge in [-0.15, -0.1) is 0 Å². The second-order valence-electron chi connectivity index (χ2n) is 6.64. The molecule has 3 nitrogen and oxygen atoms in total. The first-order valence-corrected chi connectivity index (χ1v) is 6.99. The molecule has 0 radical (unpaired) electrons. The van der Waals surface area contributed by atoms with Gasteiger partial charge in [-0.05, 0) is 54.6 Å². The molecule has 1 aliphatic rings. The summed E-state index contributed by atoms with van der Waals surface area (Å²) in [6.45, 7) is 16.1. The van der Waals surface area contributed by atoms with Crippen LogP contribution in [0.5, 0.6) is 0 Å². The summed E-state index contributed by atoms with van der Waals surface area (Å²) < 4.78 is 0. The summed E-state index contributed by atoms with van der Waals surface area (Å²) in [6.07, 6.45) is 1.24. The van der Waals surface area contributed by atoms with Crippen molar-refractivity contribution in [2.45, 2.75) is 58.7 Å². The van der Waals surface area contributed by atoms with E-state index in [-0.39, 0.29) is 5.54 Å². The van der Waals surface area contributed by atoms with E-state index in [2.05, 4.69) is 56.8 Å². The predicted molar refractivity (Wildman–Crippen MR) is 75.5 cm³/mol. The van der Waals surface area contributed by atoms with Crippen molar-refractivity contribution in [2.75, 3.05) is 33.2 Å². The molecule has 102 valence electrons. The van der Waals surface area contributed by atoms with Crippen LogP contribution in [0.4, 0.5) is 0 Å². The molecule has 1 aliphatic heterocycles. The molecule has 1 heterocycles. The van der Waals surface area contributed by atoms with E-state index in [0.29, 0.717) is 12.1 Å². The lowest BCUT2D eigenvalue weighted by atomic mass is 10.1. The zero-order chi connectivity index (χ0) is 13.1. The fourth-order valence-electron chi connectivity index (χ4n) is 2.32. The minimum absolute atomic E-state index is 0.245. The van der Waals surface area contributed by atoms with E-state index in [1.807, 2.05) is 0 Å². The molecule has 0 amide bonds. The Hall–Kier alpha value is -0.120. The van der Waals surface area contributed by atoms with E-state index in [1.165, 1.54) is 26.1 Å². The molecule has 17 heavy (non-hydrogen) atoms. The van der Waals surface area contributed by atoms with Crippen LogP contribution in [0, 0.1) is 0 Å². The van der Waals surface area contributed by atoms with Gasteiger partial charge in [0, 0.05) is 37.3 Å². The van der Waals surface area contributed by atoms with Gasteiger partial charge in [0.05, 0.1) is 0 Å². The van der Waals surface area contributed by atoms with Gasteiger partial charge < -0.3 is 10.2 Å². The fraction of sp³-hybridized carbons (Fsp3) is 1.00. The molecule has 1 rings (SSSR count). The van der Waals surface area contributed by atoms with Gasteiger partial charge in [-0.3, -0.25) is 4.90 Å². The van der Waals surface area contributed by atoms with Gasteiger partial charge in [0.2, 0.25) is 0 Å². The highest BCUT2D eigenvalue weighted by atomic mass is 15.3. The Morgan fingerprint density at radius 3 is 2.47 bits per heavy atom. The first-order valence-electron chi connectivity index (χ1n) is 6.99. The van der Waals surface area contributed by atoms with Crippen LogP contribution in [0.15, 0.2) is 0 Å². The molecule has 1 N–H and O–H groups in total. The summed E-state index contributed by atoms with van der Waals surface area (Å²) in [4.78, 5) is 5.09. The Morgan fingerprint density at radius 2 is 1.94 bits per heavy atom. The van der Waals surface area contributed by atoms with Crippen LogP contribution in [0.25, 0.3) is 0 Å². The van der Waals surface area contributed by atoms with Crippen LogP contribution in [0.3, 0.4) is 0 Å². The monoisotopic (exact) mass is 241 g/mol. The van der Waals surface area contributed by atoms with Crippen molar-refractivity contribution in [1.82, 2.24) is 15.1 Å². The molecule has 1 saturated heterocycles. The topological polar surface area (TPSA) is 18.5 Å². The summed E-state index contributed by atoms with van der Waals surface area (Å²) in [5, 5.41) is 3.57. The molecule has 0 aromatic heterocycles. The molecule has 3 heteroatoms. The van der Waals surface area contributed by atoms with Crippen LogP contribution < -0.4 is 5.32 Å². The number of hydrogen-bond donors (Lipinski definition) is 1. The summed E-state index contributed by atoms with van der Waals surface area (Å²) in [6, 6.07) is 1.39. The lowest BCUT2D eigenvalue weighted by Gasteiger charge is -2.41. The average molecular weight is 241 g/mol. The molecular formula is C14H31N3. The Morgan fingerprint density at radius 1 is 1.29 bits per heavy atom. The van der Waals surface area contributed by atoms with Crippen molar-refractivity contribution in [2.24, 2.45) is 0 Å². The Labute approximate surface area is 108 Å². The zero-order valence-electron chi connectivity index (χ0n) is 12.6. The fourth-order valence-corrected chi connectivity index (χ4v) is 2.32. The molecule has 2 atom stereocenters. The Bertz CT molecular complexity index is 222. The van der Waals surface area contributed by atoms with Gasteiger partial charge in [0.25, 0.3) is 0 Å². The number of hydrogen-bond acceptors (Lipinski definition) is 3.